The van der Waals surface area contributed by atoms with Gasteiger partial charge in [0.1, 0.15) is 18.1 Å². The molecule has 0 aliphatic heterocycles. The van der Waals surface area contributed by atoms with Crippen molar-refractivity contribution in [3.63, 3.8) is 0 Å². The summed E-state index contributed by atoms with van der Waals surface area (Å²) in [7, 11) is 1.55. The lowest BCUT2D eigenvalue weighted by atomic mass is 10.2. The highest BCUT2D eigenvalue weighted by atomic mass is 19.4. The molecule has 0 saturated heterocycles. The molecule has 2 aromatic carbocycles. The molecule has 1 saturated carbocycles. The zero-order valence-corrected chi connectivity index (χ0v) is 21.6. The summed E-state index contributed by atoms with van der Waals surface area (Å²) in [6, 6.07) is 10.9. The zero-order chi connectivity index (χ0) is 27.6. The smallest absolute Gasteiger partial charge is 0.493 e. The third-order valence-electron chi connectivity index (χ3n) is 5.27. The van der Waals surface area contributed by atoms with Crippen molar-refractivity contribution in [1.82, 2.24) is 9.55 Å². The van der Waals surface area contributed by atoms with Gasteiger partial charge in [0.2, 0.25) is 0 Å². The van der Waals surface area contributed by atoms with E-state index in [9.17, 15) is 23.1 Å². The van der Waals surface area contributed by atoms with Gasteiger partial charge in [-0.15, -0.1) is 13.2 Å². The number of methoxy groups -OCH3 is 1. The Bertz CT molecular complexity index is 1180. The van der Waals surface area contributed by atoms with Crippen LogP contribution in [0.2, 0.25) is 0 Å². The molecule has 0 radical (unpaired) electrons. The van der Waals surface area contributed by atoms with Crippen molar-refractivity contribution >= 4 is 0 Å². The molecular formula is C27H33F3N2O5. The van der Waals surface area contributed by atoms with Gasteiger partial charge in [-0.1, -0.05) is 31.5 Å². The second-order valence-corrected chi connectivity index (χ2v) is 8.10. The molecule has 4 rings (SSSR count). The summed E-state index contributed by atoms with van der Waals surface area (Å²) in [5.41, 5.74) is 1.82. The number of ether oxygens (including phenoxy) is 3. The molecule has 1 aliphatic carbocycles. The lowest BCUT2D eigenvalue weighted by Crippen LogP contribution is -2.21. The Balaban J connectivity index is 0.000000291. The topological polar surface area (TPSA) is 82.8 Å². The van der Waals surface area contributed by atoms with Crippen molar-refractivity contribution in [3.8, 4) is 22.9 Å². The van der Waals surface area contributed by atoms with Gasteiger partial charge in [-0.3, -0.25) is 14.3 Å². The van der Waals surface area contributed by atoms with Crippen LogP contribution in [0.15, 0.2) is 59.7 Å². The van der Waals surface area contributed by atoms with Crippen LogP contribution in [0, 0.1) is 19.8 Å². The number of alkyl halides is 3. The van der Waals surface area contributed by atoms with E-state index in [-0.39, 0.29) is 17.9 Å². The predicted octanol–water partition coefficient (Wildman–Crippen LogP) is 5.62. The normalized spacial score (nSPS) is 13.3. The van der Waals surface area contributed by atoms with Crippen LogP contribution >= 0.6 is 0 Å². The maximum atomic E-state index is 12.1. The second kappa shape index (κ2) is 13.7. The average molecular weight is 523 g/mol. The lowest BCUT2D eigenvalue weighted by molar-refractivity contribution is -0.274. The van der Waals surface area contributed by atoms with Crippen LogP contribution in [0.1, 0.15) is 37.9 Å². The molecule has 1 N–H and O–H groups in total. The number of nitrogens with zero attached hydrogens (tertiary/aromatic N) is 2. The van der Waals surface area contributed by atoms with Gasteiger partial charge < -0.3 is 19.3 Å². The third-order valence-corrected chi connectivity index (χ3v) is 5.27. The monoisotopic (exact) mass is 522 g/mol. The van der Waals surface area contributed by atoms with Crippen molar-refractivity contribution in [3.05, 3.63) is 76.5 Å². The van der Waals surface area contributed by atoms with Crippen LogP contribution in [0.4, 0.5) is 13.2 Å². The minimum atomic E-state index is -4.60. The van der Waals surface area contributed by atoms with Crippen molar-refractivity contribution in [1.29, 1.82) is 0 Å². The second-order valence-electron chi connectivity index (χ2n) is 8.10. The first-order chi connectivity index (χ1) is 17.6. The van der Waals surface area contributed by atoms with Gasteiger partial charge >= 0.3 is 6.36 Å². The van der Waals surface area contributed by atoms with Gasteiger partial charge in [0, 0.05) is 18.5 Å². The number of hydrogen-bond acceptors (Lipinski definition) is 6. The van der Waals surface area contributed by atoms with Gasteiger partial charge in [-0.05, 0) is 56.9 Å². The van der Waals surface area contributed by atoms with Crippen molar-refractivity contribution in [2.24, 2.45) is 5.92 Å². The van der Waals surface area contributed by atoms with Gasteiger partial charge in [-0.2, -0.15) is 0 Å². The van der Waals surface area contributed by atoms with Crippen LogP contribution in [-0.4, -0.2) is 40.8 Å². The van der Waals surface area contributed by atoms with E-state index >= 15 is 0 Å². The summed E-state index contributed by atoms with van der Waals surface area (Å²) >= 11 is 0. The molecule has 1 atom stereocenters. The Morgan fingerprint density at radius 2 is 1.73 bits per heavy atom. The molecule has 37 heavy (non-hydrogen) atoms. The first-order valence-electron chi connectivity index (χ1n) is 11.9. The standard InChI is InChI=1S/C17H20N2O4.C8H7F3O.C2H6/c1-11-17(21)19(8-7-18-11)13-5-6-15(16(9-13)22-2)23-10-14(20)12-3-4-12;1-6-2-4-7(5-3-6)12-8(9,10)11;1-2/h5-9,12,14,20H,3-4,10H2,1-2H3;2-5H,1H3;1-2H3. The minimum absolute atomic E-state index is 0.174. The summed E-state index contributed by atoms with van der Waals surface area (Å²) in [6.07, 6.45) is 0.275. The van der Waals surface area contributed by atoms with Crippen molar-refractivity contribution in [2.45, 2.75) is 53.0 Å². The number of aryl methyl sites for hydroxylation is 2. The van der Waals surface area contributed by atoms with E-state index in [4.69, 9.17) is 9.47 Å². The molecular weight excluding hydrogens is 489 g/mol. The summed E-state index contributed by atoms with van der Waals surface area (Å²) in [4.78, 5) is 16.1. The van der Waals surface area contributed by atoms with Gasteiger partial charge in [-0.25, -0.2) is 0 Å². The summed E-state index contributed by atoms with van der Waals surface area (Å²) in [5, 5.41) is 9.90. The van der Waals surface area contributed by atoms with Crippen LogP contribution in [0.3, 0.4) is 0 Å². The molecule has 3 aromatic rings. The maximum Gasteiger partial charge on any atom is 0.573 e. The predicted molar refractivity (Wildman–Crippen MR) is 135 cm³/mol. The Morgan fingerprint density at radius 3 is 2.30 bits per heavy atom. The van der Waals surface area contributed by atoms with E-state index in [1.165, 1.54) is 16.7 Å². The van der Waals surface area contributed by atoms with Crippen molar-refractivity contribution in [2.75, 3.05) is 13.7 Å². The Labute approximate surface area is 214 Å². The first kappa shape index (κ1) is 29.7. The molecule has 202 valence electrons. The molecule has 0 bridgehead atoms. The number of rotatable bonds is 7. The largest absolute Gasteiger partial charge is 0.573 e. The van der Waals surface area contributed by atoms with E-state index in [1.54, 1.807) is 63.7 Å². The first-order valence-corrected chi connectivity index (χ1v) is 11.9. The zero-order valence-electron chi connectivity index (χ0n) is 21.6. The van der Waals surface area contributed by atoms with Gasteiger partial charge in [0.15, 0.2) is 11.5 Å². The van der Waals surface area contributed by atoms with Crippen molar-refractivity contribution < 1.29 is 32.5 Å². The molecule has 1 aliphatic rings. The molecule has 0 amide bonds. The van der Waals surface area contributed by atoms with E-state index in [1.807, 2.05) is 13.8 Å². The molecule has 7 nitrogen and oxygen atoms in total. The number of aliphatic hydroxyl groups excluding tert-OH is 1. The minimum Gasteiger partial charge on any atom is -0.493 e. The Morgan fingerprint density at radius 1 is 1.08 bits per heavy atom. The van der Waals surface area contributed by atoms with Crippen LogP contribution in [0.5, 0.6) is 17.2 Å². The highest BCUT2D eigenvalue weighted by Gasteiger charge is 2.31. The summed E-state index contributed by atoms with van der Waals surface area (Å²) in [5.74, 6) is 1.24. The van der Waals surface area contributed by atoms with Gasteiger partial charge in [0.05, 0.1) is 18.9 Å². The van der Waals surface area contributed by atoms with E-state index in [0.29, 0.717) is 28.8 Å². The lowest BCUT2D eigenvalue weighted by Gasteiger charge is -2.15. The quantitative estimate of drug-likeness (QED) is 0.434. The highest BCUT2D eigenvalue weighted by molar-refractivity contribution is 5.49. The molecule has 10 heteroatoms. The fraction of sp³-hybridized carbons (Fsp3) is 0.407. The molecule has 1 aromatic heterocycles. The molecule has 1 heterocycles. The van der Waals surface area contributed by atoms with Crippen LogP contribution in [0.25, 0.3) is 5.69 Å². The summed E-state index contributed by atoms with van der Waals surface area (Å²) in [6.45, 7) is 7.71. The number of aromatic nitrogens is 2. The molecule has 1 fully saturated rings. The van der Waals surface area contributed by atoms with Gasteiger partial charge in [0.25, 0.3) is 5.56 Å². The fourth-order valence-corrected chi connectivity index (χ4v) is 3.17. The maximum absolute atomic E-state index is 12.1. The Kier molecular flexibility index (Phi) is 11.0. The third kappa shape index (κ3) is 9.45. The summed E-state index contributed by atoms with van der Waals surface area (Å²) < 4.78 is 51.0. The number of halogens is 3. The number of aliphatic hydroxyl groups is 1. The van der Waals surface area contributed by atoms with E-state index < -0.39 is 12.5 Å². The van der Waals surface area contributed by atoms with E-state index in [2.05, 4.69) is 9.72 Å². The van der Waals surface area contributed by atoms with Crippen LogP contribution < -0.4 is 19.8 Å². The van der Waals surface area contributed by atoms with Crippen LogP contribution in [-0.2, 0) is 0 Å². The number of hydrogen-bond donors (Lipinski definition) is 1. The number of benzene rings is 2. The highest BCUT2D eigenvalue weighted by Crippen LogP contribution is 2.34. The van der Waals surface area contributed by atoms with E-state index in [0.717, 1.165) is 18.4 Å². The SMILES string of the molecule is CC.COc1cc(-n2ccnc(C)c2=O)ccc1OCC(O)C1CC1.Cc1ccc(OC(F)(F)F)cc1. The Hall–Kier alpha value is -3.53. The average Bonchev–Trinajstić information content (AvgIpc) is 3.72. The molecule has 0 spiro atoms. The fourth-order valence-electron chi connectivity index (χ4n) is 3.17. The molecule has 1 unspecified atom stereocenters.